The van der Waals surface area contributed by atoms with Crippen molar-refractivity contribution in [1.29, 1.82) is 0 Å². The molecule has 44 heavy (non-hydrogen) atoms. The highest BCUT2D eigenvalue weighted by molar-refractivity contribution is 5.87. The number of fused-ring (bicyclic) bond motifs is 1. The number of quaternary nitrogens is 1. The summed E-state index contributed by atoms with van der Waals surface area (Å²) in [5.74, 6) is -0.00865. The molecule has 2 aliphatic heterocycles. The van der Waals surface area contributed by atoms with Crippen LogP contribution in [0.1, 0.15) is 49.0 Å². The Kier molecular flexibility index (Phi) is 10.8. The van der Waals surface area contributed by atoms with Crippen molar-refractivity contribution in [3.05, 3.63) is 71.2 Å². The van der Waals surface area contributed by atoms with Crippen LogP contribution in [-0.2, 0) is 22.5 Å². The van der Waals surface area contributed by atoms with E-state index < -0.39 is 0 Å². The molecule has 2 N–H and O–H groups in total. The monoisotopic (exact) mass is 606 g/mol. The number of pyridine rings is 1. The Bertz CT molecular complexity index is 1410. The number of hydrogen-bond donors (Lipinski definition) is 1. The van der Waals surface area contributed by atoms with Crippen LogP contribution in [0.5, 0.6) is 5.88 Å². The first-order valence-corrected chi connectivity index (χ1v) is 16.2. The normalized spacial score (nSPS) is 19.0. The molecule has 0 radical (unpaired) electrons. The molecule has 0 saturated carbocycles. The largest absolute Gasteiger partial charge is 0.471 e. The fourth-order valence-electron chi connectivity index (χ4n) is 6.43. The molecular weight excluding hydrogens is 557 g/mol. The van der Waals surface area contributed by atoms with E-state index >= 15 is 4.39 Å². The Balaban J connectivity index is 1.30. The van der Waals surface area contributed by atoms with E-state index in [2.05, 4.69) is 49.0 Å². The Labute approximate surface area is 261 Å². The Morgan fingerprint density at radius 2 is 1.95 bits per heavy atom. The number of aromatic nitrogens is 1. The maximum Gasteiger partial charge on any atom is 0.221 e. The molecular formula is C35H49FN5O3+. The van der Waals surface area contributed by atoms with Gasteiger partial charge in [-0.05, 0) is 55.0 Å². The van der Waals surface area contributed by atoms with Crippen LogP contribution in [0.2, 0.25) is 0 Å². The van der Waals surface area contributed by atoms with Crippen molar-refractivity contribution < 1.29 is 23.1 Å². The van der Waals surface area contributed by atoms with E-state index in [1.807, 2.05) is 24.3 Å². The third kappa shape index (κ3) is 8.33. The molecule has 2 saturated heterocycles. The van der Waals surface area contributed by atoms with Crippen LogP contribution in [0, 0.1) is 11.7 Å². The standard InChI is InChI=1S/C35H48FN5O3/c1-4-5-9-29-22-27-8-6-7-10-30(27)35(38-29)44-20-17-41(2,3)25-33(40-14-13-28(24-40)34(37)42)31-12-11-26(21-32(31)36)23-39-15-18-43-19-16-39/h6-8,10-12,21-22,28,33H,4-5,9,13-20,23-25H2,1-3H3,(H-,37,42)/p+1. The molecule has 2 fully saturated rings. The fraction of sp³-hybridized carbons (Fsp3) is 0.543. The van der Waals surface area contributed by atoms with Crippen LogP contribution in [0.25, 0.3) is 10.8 Å². The van der Waals surface area contributed by atoms with Gasteiger partial charge in [0.2, 0.25) is 11.8 Å². The lowest BCUT2D eigenvalue weighted by Crippen LogP contribution is -2.49. The van der Waals surface area contributed by atoms with Gasteiger partial charge >= 0.3 is 0 Å². The molecule has 8 nitrogen and oxygen atoms in total. The average Bonchev–Trinajstić information content (AvgIpc) is 3.50. The number of aryl methyl sites for hydroxylation is 1. The Hall–Kier alpha value is -3.11. The third-order valence-corrected chi connectivity index (χ3v) is 9.14. The number of unbranched alkanes of at least 4 members (excludes halogenated alkanes) is 1. The van der Waals surface area contributed by atoms with Gasteiger partial charge in [-0.2, -0.15) is 0 Å². The number of amides is 1. The zero-order chi connectivity index (χ0) is 31.1. The number of likely N-dealkylation sites (tertiary alicyclic amines) is 1. The lowest BCUT2D eigenvalue weighted by Gasteiger charge is -2.37. The van der Waals surface area contributed by atoms with Crippen molar-refractivity contribution in [1.82, 2.24) is 14.8 Å². The number of benzene rings is 2. The average molecular weight is 607 g/mol. The summed E-state index contributed by atoms with van der Waals surface area (Å²) in [6.07, 6.45) is 3.84. The number of nitrogens with zero attached hydrogens (tertiary/aromatic N) is 4. The lowest BCUT2D eigenvalue weighted by atomic mass is 10.0. The quantitative estimate of drug-likeness (QED) is 0.271. The molecule has 9 heteroatoms. The number of hydrogen-bond acceptors (Lipinski definition) is 6. The maximum absolute atomic E-state index is 15.9. The van der Waals surface area contributed by atoms with Gasteiger partial charge in [0.1, 0.15) is 19.0 Å². The van der Waals surface area contributed by atoms with Gasteiger partial charge in [-0.3, -0.25) is 14.6 Å². The lowest BCUT2D eigenvalue weighted by molar-refractivity contribution is -0.893. The molecule has 2 atom stereocenters. The SMILES string of the molecule is CCCCc1cc2ccccc2c(OCC[N+](C)(C)CC(c2ccc(CN3CCOCC3)cc2F)N2CCC(C(N)=O)C2)n1. The number of nitrogens with two attached hydrogens (primary N) is 1. The number of carbonyl (C=O) groups excluding carboxylic acids is 1. The smallest absolute Gasteiger partial charge is 0.221 e. The predicted octanol–water partition coefficient (Wildman–Crippen LogP) is 4.55. The summed E-state index contributed by atoms with van der Waals surface area (Å²) < 4.78 is 28.3. The third-order valence-electron chi connectivity index (χ3n) is 9.14. The molecule has 0 aliphatic carbocycles. The topological polar surface area (TPSA) is 80.9 Å². The summed E-state index contributed by atoms with van der Waals surface area (Å²) in [6.45, 7) is 9.17. The van der Waals surface area contributed by atoms with E-state index in [-0.39, 0.29) is 23.7 Å². The molecule has 2 aromatic carbocycles. The predicted molar refractivity (Wildman–Crippen MR) is 172 cm³/mol. The highest BCUT2D eigenvalue weighted by Crippen LogP contribution is 2.32. The molecule has 3 heterocycles. The fourth-order valence-corrected chi connectivity index (χ4v) is 6.43. The second-order valence-corrected chi connectivity index (χ2v) is 13.1. The van der Waals surface area contributed by atoms with Crippen molar-refractivity contribution in [3.63, 3.8) is 0 Å². The van der Waals surface area contributed by atoms with Crippen LogP contribution in [0.3, 0.4) is 0 Å². The van der Waals surface area contributed by atoms with Crippen molar-refractivity contribution in [2.45, 2.75) is 45.2 Å². The first-order valence-electron chi connectivity index (χ1n) is 16.2. The number of morpholine rings is 1. The Morgan fingerprint density at radius 1 is 1.16 bits per heavy atom. The van der Waals surface area contributed by atoms with Gasteiger partial charge in [0.15, 0.2) is 0 Å². The van der Waals surface area contributed by atoms with E-state index in [1.165, 1.54) is 0 Å². The summed E-state index contributed by atoms with van der Waals surface area (Å²) in [5.41, 5.74) is 8.37. The number of ether oxygens (including phenoxy) is 2. The summed E-state index contributed by atoms with van der Waals surface area (Å²) in [7, 11) is 4.32. The summed E-state index contributed by atoms with van der Waals surface area (Å²) in [4.78, 5) is 21.4. The van der Waals surface area contributed by atoms with Gasteiger partial charge in [0, 0.05) is 42.8 Å². The van der Waals surface area contributed by atoms with E-state index in [1.54, 1.807) is 6.07 Å². The first-order chi connectivity index (χ1) is 21.2. The minimum atomic E-state index is -0.282. The van der Waals surface area contributed by atoms with Gasteiger partial charge < -0.3 is 19.7 Å². The number of carbonyl (C=O) groups is 1. The molecule has 2 aliphatic rings. The number of primary amides is 1. The molecule has 1 amide bonds. The number of likely N-dealkylation sites (N-methyl/N-ethyl adjacent to an activating group) is 1. The summed E-state index contributed by atoms with van der Waals surface area (Å²) in [5, 5.41) is 2.16. The number of rotatable bonds is 14. The van der Waals surface area contributed by atoms with Gasteiger partial charge in [-0.15, -0.1) is 0 Å². The van der Waals surface area contributed by atoms with Crippen molar-refractivity contribution in [3.8, 4) is 5.88 Å². The van der Waals surface area contributed by atoms with Gasteiger partial charge in [0.25, 0.3) is 0 Å². The van der Waals surface area contributed by atoms with Crippen LogP contribution in [0.15, 0.2) is 48.5 Å². The first kappa shape index (κ1) is 32.3. The van der Waals surface area contributed by atoms with Crippen LogP contribution < -0.4 is 10.5 Å². The molecule has 0 spiro atoms. The highest BCUT2D eigenvalue weighted by Gasteiger charge is 2.36. The summed E-state index contributed by atoms with van der Waals surface area (Å²) >= 11 is 0. The molecule has 5 rings (SSSR count). The molecule has 2 unspecified atom stereocenters. The van der Waals surface area contributed by atoms with Crippen LogP contribution in [0.4, 0.5) is 4.39 Å². The van der Waals surface area contributed by atoms with Crippen LogP contribution in [-0.4, -0.2) is 98.4 Å². The molecule has 3 aromatic rings. The minimum absolute atomic E-state index is 0.192. The minimum Gasteiger partial charge on any atom is -0.471 e. The van der Waals surface area contributed by atoms with Gasteiger partial charge in [-0.25, -0.2) is 9.37 Å². The van der Waals surface area contributed by atoms with Gasteiger partial charge in [0.05, 0.1) is 45.8 Å². The van der Waals surface area contributed by atoms with Crippen LogP contribution >= 0.6 is 0 Å². The zero-order valence-corrected chi connectivity index (χ0v) is 26.6. The van der Waals surface area contributed by atoms with E-state index in [0.717, 1.165) is 60.9 Å². The number of halogens is 1. The highest BCUT2D eigenvalue weighted by atomic mass is 19.1. The van der Waals surface area contributed by atoms with Crippen molar-refractivity contribution in [2.75, 3.05) is 73.2 Å². The molecule has 238 valence electrons. The summed E-state index contributed by atoms with van der Waals surface area (Å²) in [6, 6.07) is 15.9. The molecule has 1 aromatic heterocycles. The van der Waals surface area contributed by atoms with E-state index in [4.69, 9.17) is 20.2 Å². The molecule has 0 bridgehead atoms. The van der Waals surface area contributed by atoms with Gasteiger partial charge in [-0.1, -0.05) is 43.7 Å². The van der Waals surface area contributed by atoms with Crippen molar-refractivity contribution >= 4 is 16.7 Å². The van der Waals surface area contributed by atoms with Crippen molar-refractivity contribution in [2.24, 2.45) is 11.7 Å². The second kappa shape index (κ2) is 14.8. The Morgan fingerprint density at radius 3 is 2.68 bits per heavy atom. The van der Waals surface area contributed by atoms with E-state index in [9.17, 15) is 4.79 Å². The second-order valence-electron chi connectivity index (χ2n) is 13.1. The maximum atomic E-state index is 15.9. The zero-order valence-electron chi connectivity index (χ0n) is 26.6. The van der Waals surface area contributed by atoms with E-state index in [0.29, 0.717) is 68.3 Å².